The molecule has 0 aromatic heterocycles. The Morgan fingerprint density at radius 2 is 1.50 bits per heavy atom. The summed E-state index contributed by atoms with van der Waals surface area (Å²) < 4.78 is 14.7. The summed E-state index contributed by atoms with van der Waals surface area (Å²) in [5.74, 6) is 2.20. The van der Waals surface area contributed by atoms with Gasteiger partial charge in [-0.2, -0.15) is 11.8 Å². The normalized spacial score (nSPS) is 35.4. The standard InChI is InChI=1S/C41H76O4SSi2/c1-16-41(43,17-2)22-18-24-46-28(3)36-34(42)27-33-31-20-19-29-25-30(44-47(12,13)37(4,5)6)26-35(45-48(14,15)38(7,8)9)40(29,11)32(31)21-23-39(33,36)10/h19-20,28,30,32-36,42-43H,16-18,21-27H2,1-15H3/t28?,30-,32+,33+,34-,35+,36+,39+,40+/m1/s1. The monoisotopic (exact) mass is 721 g/mol. The zero-order valence-corrected chi connectivity index (χ0v) is 36.7. The maximum absolute atomic E-state index is 11.8. The first-order valence-corrected chi connectivity index (χ1v) is 26.5. The molecule has 7 heteroatoms. The SMILES string of the molecule is CCC(O)(CC)CCCSC(C)[C@H]1[C@H](O)C[C@H]2C3=CC=C4C[C@@H](O[Si](C)(C)C(C)(C)C)C[C@H](O[Si](C)(C)C(C)(C)C)[C@]4(C)[C@H]3CC[C@@]21C. The van der Waals surface area contributed by atoms with Crippen LogP contribution in [0.5, 0.6) is 0 Å². The Morgan fingerprint density at radius 1 is 0.917 bits per heavy atom. The molecule has 0 spiro atoms. The number of aliphatic hydroxyl groups excluding tert-OH is 1. The minimum atomic E-state index is -2.06. The molecule has 0 amide bonds. The Balaban J connectivity index is 1.62. The molecule has 0 aromatic carbocycles. The highest BCUT2D eigenvalue weighted by molar-refractivity contribution is 7.99. The number of fused-ring (bicyclic) bond motifs is 5. The molecule has 3 fully saturated rings. The van der Waals surface area contributed by atoms with Gasteiger partial charge in [-0.3, -0.25) is 0 Å². The summed E-state index contributed by atoms with van der Waals surface area (Å²) in [6.07, 6.45) is 13.8. The largest absolute Gasteiger partial charge is 0.414 e. The molecule has 1 unspecified atom stereocenters. The molecule has 3 saturated carbocycles. The Hall–Kier alpha value is 0.104. The van der Waals surface area contributed by atoms with Gasteiger partial charge in [0.25, 0.3) is 0 Å². The fraction of sp³-hybridized carbons (Fsp3) is 0.902. The van der Waals surface area contributed by atoms with Gasteiger partial charge in [0.05, 0.1) is 23.9 Å². The Morgan fingerprint density at radius 3 is 2.06 bits per heavy atom. The minimum Gasteiger partial charge on any atom is -0.414 e. The van der Waals surface area contributed by atoms with Gasteiger partial charge in [0.15, 0.2) is 16.6 Å². The van der Waals surface area contributed by atoms with Gasteiger partial charge in [-0.25, -0.2) is 0 Å². The molecule has 4 aliphatic carbocycles. The number of hydrogen-bond donors (Lipinski definition) is 2. The van der Waals surface area contributed by atoms with E-state index in [0.29, 0.717) is 17.1 Å². The van der Waals surface area contributed by atoms with Crippen LogP contribution in [0.4, 0.5) is 0 Å². The van der Waals surface area contributed by atoms with E-state index < -0.39 is 22.2 Å². The first-order valence-electron chi connectivity index (χ1n) is 19.7. The molecule has 0 saturated heterocycles. The summed E-state index contributed by atoms with van der Waals surface area (Å²) in [6.45, 7) is 35.4. The van der Waals surface area contributed by atoms with Crippen LogP contribution in [0, 0.1) is 28.6 Å². The van der Waals surface area contributed by atoms with Crippen molar-refractivity contribution in [3.8, 4) is 0 Å². The Bertz CT molecular complexity index is 1190. The lowest BCUT2D eigenvalue weighted by Gasteiger charge is -2.59. The van der Waals surface area contributed by atoms with E-state index in [1.807, 2.05) is 11.8 Å². The molecule has 0 radical (unpaired) electrons. The van der Waals surface area contributed by atoms with Crippen LogP contribution < -0.4 is 0 Å². The highest BCUT2D eigenvalue weighted by Crippen LogP contribution is 2.67. The van der Waals surface area contributed by atoms with Crippen LogP contribution in [0.3, 0.4) is 0 Å². The molecule has 4 nitrogen and oxygen atoms in total. The lowest BCUT2D eigenvalue weighted by atomic mass is 9.49. The molecule has 0 bridgehead atoms. The van der Waals surface area contributed by atoms with Gasteiger partial charge >= 0.3 is 0 Å². The lowest BCUT2D eigenvalue weighted by molar-refractivity contribution is -0.0438. The molecule has 9 atom stereocenters. The van der Waals surface area contributed by atoms with Crippen LogP contribution in [0.1, 0.15) is 134 Å². The second-order valence-corrected chi connectivity index (χ2v) is 31.0. The molecule has 4 rings (SSSR count). The fourth-order valence-corrected chi connectivity index (χ4v) is 13.8. The smallest absolute Gasteiger partial charge is 0.192 e. The van der Waals surface area contributed by atoms with Gasteiger partial charge in [0, 0.05) is 16.6 Å². The second-order valence-electron chi connectivity index (χ2n) is 20.0. The summed E-state index contributed by atoms with van der Waals surface area (Å²) in [4.78, 5) is 0. The Kier molecular flexibility index (Phi) is 12.1. The number of thioether (sulfide) groups is 1. The quantitative estimate of drug-likeness (QED) is 0.155. The van der Waals surface area contributed by atoms with E-state index in [4.69, 9.17) is 8.85 Å². The number of aliphatic hydroxyl groups is 2. The Labute approximate surface area is 303 Å². The van der Waals surface area contributed by atoms with Crippen molar-refractivity contribution in [3.63, 3.8) is 0 Å². The van der Waals surface area contributed by atoms with Gasteiger partial charge in [-0.15, -0.1) is 0 Å². The highest BCUT2D eigenvalue weighted by Gasteiger charge is 2.62. The average molecular weight is 721 g/mol. The maximum Gasteiger partial charge on any atom is 0.192 e. The van der Waals surface area contributed by atoms with Crippen LogP contribution in [-0.2, 0) is 8.85 Å². The van der Waals surface area contributed by atoms with Crippen LogP contribution in [0.2, 0.25) is 36.3 Å². The third-order valence-electron chi connectivity index (χ3n) is 15.2. The maximum atomic E-state index is 11.8. The topological polar surface area (TPSA) is 58.9 Å². The molecular formula is C41H76O4SSi2. The predicted octanol–water partition coefficient (Wildman–Crippen LogP) is 11.3. The zero-order valence-electron chi connectivity index (χ0n) is 33.9. The third-order valence-corrected chi connectivity index (χ3v) is 25.6. The van der Waals surface area contributed by atoms with Gasteiger partial charge in [-0.1, -0.05) is 99.5 Å². The minimum absolute atomic E-state index is 0.0486. The van der Waals surface area contributed by atoms with E-state index >= 15 is 0 Å². The van der Waals surface area contributed by atoms with Crippen molar-refractivity contribution in [1.82, 2.24) is 0 Å². The van der Waals surface area contributed by atoms with Crippen molar-refractivity contribution in [3.05, 3.63) is 23.3 Å². The van der Waals surface area contributed by atoms with Gasteiger partial charge in [-0.05, 0) is 117 Å². The number of rotatable bonds is 12. The molecule has 0 heterocycles. The van der Waals surface area contributed by atoms with Crippen LogP contribution >= 0.6 is 11.8 Å². The first-order chi connectivity index (χ1) is 21.9. The zero-order chi connectivity index (χ0) is 36.3. The summed E-state index contributed by atoms with van der Waals surface area (Å²) in [6, 6.07) is 0. The van der Waals surface area contributed by atoms with Gasteiger partial charge in [0.2, 0.25) is 0 Å². The van der Waals surface area contributed by atoms with Gasteiger partial charge < -0.3 is 19.1 Å². The van der Waals surface area contributed by atoms with E-state index in [2.05, 4.69) is 115 Å². The summed E-state index contributed by atoms with van der Waals surface area (Å²) >= 11 is 2.03. The van der Waals surface area contributed by atoms with Crippen LogP contribution in [0.25, 0.3) is 0 Å². The van der Waals surface area contributed by atoms with Crippen molar-refractivity contribution in [2.45, 2.75) is 199 Å². The molecule has 0 aliphatic heterocycles. The predicted molar refractivity (Wildman–Crippen MR) is 213 cm³/mol. The van der Waals surface area contributed by atoms with E-state index in [9.17, 15) is 10.2 Å². The van der Waals surface area contributed by atoms with Crippen molar-refractivity contribution in [2.24, 2.45) is 28.6 Å². The molecule has 48 heavy (non-hydrogen) atoms. The van der Waals surface area contributed by atoms with Crippen molar-refractivity contribution < 1.29 is 19.1 Å². The third kappa shape index (κ3) is 7.60. The van der Waals surface area contributed by atoms with Crippen molar-refractivity contribution >= 4 is 28.4 Å². The molecule has 278 valence electrons. The number of hydrogen-bond acceptors (Lipinski definition) is 5. The summed E-state index contributed by atoms with van der Waals surface area (Å²) in [7, 11) is -4.00. The van der Waals surface area contributed by atoms with E-state index in [-0.39, 0.29) is 45.1 Å². The van der Waals surface area contributed by atoms with Crippen LogP contribution in [0.15, 0.2) is 23.3 Å². The highest BCUT2D eigenvalue weighted by atomic mass is 32.2. The first kappa shape index (κ1) is 40.9. The molecule has 2 N–H and O–H groups in total. The summed E-state index contributed by atoms with van der Waals surface area (Å²) in [5.41, 5.74) is 2.66. The lowest BCUT2D eigenvalue weighted by Crippen LogP contribution is -2.58. The molecule has 0 aromatic rings. The second kappa shape index (κ2) is 14.2. The van der Waals surface area contributed by atoms with Crippen molar-refractivity contribution in [1.29, 1.82) is 0 Å². The molecular weight excluding hydrogens is 645 g/mol. The van der Waals surface area contributed by atoms with E-state index in [0.717, 1.165) is 57.1 Å². The summed E-state index contributed by atoms with van der Waals surface area (Å²) in [5, 5.41) is 23.3. The average Bonchev–Trinajstić information content (AvgIpc) is 3.24. The van der Waals surface area contributed by atoms with E-state index in [1.54, 1.807) is 5.57 Å². The van der Waals surface area contributed by atoms with Gasteiger partial charge in [0.1, 0.15) is 0 Å². The number of allylic oxidation sites excluding steroid dienone is 3. The van der Waals surface area contributed by atoms with Crippen molar-refractivity contribution in [2.75, 3.05) is 5.75 Å². The molecule has 4 aliphatic rings. The van der Waals surface area contributed by atoms with Crippen LogP contribution in [-0.4, -0.2) is 61.8 Å². The van der Waals surface area contributed by atoms with E-state index in [1.165, 1.54) is 12.0 Å². The fourth-order valence-electron chi connectivity index (χ4n) is 9.67.